The molecule has 0 aliphatic heterocycles. The summed E-state index contributed by atoms with van der Waals surface area (Å²) in [5, 5.41) is 14.9. The highest BCUT2D eigenvalue weighted by atomic mass is 16.6. The quantitative estimate of drug-likeness (QED) is 0.131. The molecule has 2 aromatic heterocycles. The highest BCUT2D eigenvalue weighted by molar-refractivity contribution is 5.95. The van der Waals surface area contributed by atoms with E-state index < -0.39 is 0 Å². The SMILES string of the molecule is COC(=O)COCCCCCCOc1cccc([C@@H](C)NC(=O)c2cccc(NCc3nnc(-c4ccncn4)n3C)c2)c1. The van der Waals surface area contributed by atoms with Gasteiger partial charge in [-0.25, -0.2) is 14.8 Å². The fourth-order valence-electron chi connectivity index (χ4n) is 4.41. The van der Waals surface area contributed by atoms with Crippen LogP contribution in [0.25, 0.3) is 11.5 Å². The fraction of sp³-hybridized carbons (Fsp3) is 0.375. The number of aromatic nitrogens is 5. The van der Waals surface area contributed by atoms with Gasteiger partial charge in [-0.3, -0.25) is 4.79 Å². The van der Waals surface area contributed by atoms with Crippen molar-refractivity contribution in [1.29, 1.82) is 0 Å². The third-order valence-corrected chi connectivity index (χ3v) is 6.96. The zero-order valence-electron chi connectivity index (χ0n) is 25.4. The number of rotatable bonds is 17. The van der Waals surface area contributed by atoms with Crippen LogP contribution in [0.1, 0.15) is 60.4 Å². The summed E-state index contributed by atoms with van der Waals surface area (Å²) in [5.74, 6) is 1.61. The minimum atomic E-state index is -0.360. The second kappa shape index (κ2) is 16.7. The average Bonchev–Trinajstić information content (AvgIpc) is 3.43. The molecule has 1 amide bonds. The molecule has 0 aliphatic rings. The first-order valence-corrected chi connectivity index (χ1v) is 14.6. The van der Waals surface area contributed by atoms with Gasteiger partial charge in [0.1, 0.15) is 24.4 Å². The monoisotopic (exact) mass is 601 g/mol. The molecule has 0 aliphatic carbocycles. The van der Waals surface area contributed by atoms with E-state index in [9.17, 15) is 9.59 Å². The molecule has 2 heterocycles. The highest BCUT2D eigenvalue weighted by Crippen LogP contribution is 2.21. The summed E-state index contributed by atoms with van der Waals surface area (Å²) in [7, 11) is 3.23. The van der Waals surface area contributed by atoms with Crippen LogP contribution in [0, 0.1) is 0 Å². The van der Waals surface area contributed by atoms with E-state index in [0.717, 1.165) is 48.5 Å². The van der Waals surface area contributed by atoms with Crippen molar-refractivity contribution < 1.29 is 23.8 Å². The number of nitrogens with one attached hydrogen (secondary N) is 2. The number of nitrogens with zero attached hydrogens (tertiary/aromatic N) is 5. The average molecular weight is 602 g/mol. The Morgan fingerprint density at radius 1 is 0.977 bits per heavy atom. The molecule has 232 valence electrons. The van der Waals surface area contributed by atoms with E-state index in [1.165, 1.54) is 13.4 Å². The number of hydrogen-bond donors (Lipinski definition) is 2. The Kier molecular flexibility index (Phi) is 12.2. The van der Waals surface area contributed by atoms with E-state index in [2.05, 4.69) is 35.5 Å². The molecular weight excluding hydrogens is 562 g/mol. The molecule has 4 rings (SSSR count). The van der Waals surface area contributed by atoms with Crippen molar-refractivity contribution in [2.45, 2.75) is 45.2 Å². The predicted molar refractivity (Wildman–Crippen MR) is 165 cm³/mol. The number of hydrogen-bond acceptors (Lipinski definition) is 10. The Labute approximate surface area is 257 Å². The van der Waals surface area contributed by atoms with Crippen LogP contribution in [0.3, 0.4) is 0 Å². The summed E-state index contributed by atoms with van der Waals surface area (Å²) in [6.07, 6.45) is 6.94. The summed E-state index contributed by atoms with van der Waals surface area (Å²) >= 11 is 0. The number of methoxy groups -OCH3 is 1. The van der Waals surface area contributed by atoms with E-state index in [0.29, 0.717) is 36.8 Å². The predicted octanol–water partition coefficient (Wildman–Crippen LogP) is 4.50. The number of carbonyl (C=O) groups excluding carboxylic acids is 2. The Hall–Kier alpha value is -4.84. The van der Waals surface area contributed by atoms with E-state index in [4.69, 9.17) is 9.47 Å². The van der Waals surface area contributed by atoms with Gasteiger partial charge >= 0.3 is 5.97 Å². The lowest BCUT2D eigenvalue weighted by molar-refractivity contribution is -0.145. The third-order valence-electron chi connectivity index (χ3n) is 6.96. The molecule has 0 unspecified atom stereocenters. The highest BCUT2D eigenvalue weighted by Gasteiger charge is 2.14. The van der Waals surface area contributed by atoms with Crippen LogP contribution in [0.15, 0.2) is 67.1 Å². The normalized spacial score (nSPS) is 11.5. The van der Waals surface area contributed by atoms with Crippen LogP contribution >= 0.6 is 0 Å². The molecule has 0 radical (unpaired) electrons. The third kappa shape index (κ3) is 9.60. The van der Waals surface area contributed by atoms with Crippen molar-refractivity contribution in [3.05, 3.63) is 84.1 Å². The van der Waals surface area contributed by atoms with Crippen LogP contribution < -0.4 is 15.4 Å². The maximum Gasteiger partial charge on any atom is 0.331 e. The van der Waals surface area contributed by atoms with E-state index in [1.54, 1.807) is 18.3 Å². The van der Waals surface area contributed by atoms with E-state index in [1.807, 2.05) is 61.0 Å². The Morgan fingerprint density at radius 3 is 2.59 bits per heavy atom. The van der Waals surface area contributed by atoms with Crippen molar-refractivity contribution >= 4 is 17.6 Å². The zero-order chi connectivity index (χ0) is 31.1. The number of ether oxygens (including phenoxy) is 3. The zero-order valence-corrected chi connectivity index (χ0v) is 25.4. The number of unbranched alkanes of at least 4 members (excludes halogenated alkanes) is 3. The molecule has 44 heavy (non-hydrogen) atoms. The largest absolute Gasteiger partial charge is 0.494 e. The lowest BCUT2D eigenvalue weighted by Gasteiger charge is -2.16. The van der Waals surface area contributed by atoms with Gasteiger partial charge in [-0.05, 0) is 68.1 Å². The molecule has 12 heteroatoms. The van der Waals surface area contributed by atoms with E-state index >= 15 is 0 Å². The lowest BCUT2D eigenvalue weighted by atomic mass is 10.1. The van der Waals surface area contributed by atoms with Crippen molar-refractivity contribution in [3.63, 3.8) is 0 Å². The number of anilines is 1. The van der Waals surface area contributed by atoms with Gasteiger partial charge in [0.25, 0.3) is 5.91 Å². The van der Waals surface area contributed by atoms with Gasteiger partial charge in [0.15, 0.2) is 11.6 Å². The summed E-state index contributed by atoms with van der Waals surface area (Å²) in [5.41, 5.74) is 2.99. The van der Waals surface area contributed by atoms with Gasteiger partial charge in [-0.15, -0.1) is 10.2 Å². The summed E-state index contributed by atoms with van der Waals surface area (Å²) in [6.45, 7) is 3.51. The van der Waals surface area contributed by atoms with Crippen molar-refractivity contribution in [2.75, 3.05) is 32.2 Å². The maximum absolute atomic E-state index is 13.1. The molecule has 0 saturated carbocycles. The van der Waals surface area contributed by atoms with Crippen LogP contribution in [-0.4, -0.2) is 63.5 Å². The molecule has 0 fully saturated rings. The number of amides is 1. The fourth-order valence-corrected chi connectivity index (χ4v) is 4.41. The van der Waals surface area contributed by atoms with Crippen LogP contribution in [0.2, 0.25) is 0 Å². The van der Waals surface area contributed by atoms with Crippen LogP contribution in [-0.2, 0) is 27.9 Å². The van der Waals surface area contributed by atoms with E-state index in [-0.39, 0.29) is 24.5 Å². The topological polar surface area (TPSA) is 142 Å². The molecular formula is C32H39N7O5. The second-order valence-corrected chi connectivity index (χ2v) is 10.2. The van der Waals surface area contributed by atoms with Gasteiger partial charge in [-0.1, -0.05) is 24.6 Å². The summed E-state index contributed by atoms with van der Waals surface area (Å²) < 4.78 is 17.6. The molecule has 4 aromatic rings. The van der Waals surface area contributed by atoms with Crippen LogP contribution in [0.5, 0.6) is 5.75 Å². The van der Waals surface area contributed by atoms with Gasteiger partial charge in [0.2, 0.25) is 0 Å². The van der Waals surface area contributed by atoms with Crippen molar-refractivity contribution in [3.8, 4) is 17.3 Å². The smallest absolute Gasteiger partial charge is 0.331 e. The summed E-state index contributed by atoms with van der Waals surface area (Å²) in [4.78, 5) is 32.3. The van der Waals surface area contributed by atoms with Crippen molar-refractivity contribution in [1.82, 2.24) is 30.0 Å². The minimum Gasteiger partial charge on any atom is -0.494 e. The maximum atomic E-state index is 13.1. The molecule has 2 aromatic carbocycles. The molecule has 0 spiro atoms. The lowest BCUT2D eigenvalue weighted by Crippen LogP contribution is -2.26. The van der Waals surface area contributed by atoms with Crippen LogP contribution in [0.4, 0.5) is 5.69 Å². The molecule has 0 saturated heterocycles. The first-order valence-electron chi connectivity index (χ1n) is 14.6. The van der Waals surface area contributed by atoms with Crippen molar-refractivity contribution in [2.24, 2.45) is 7.05 Å². The Morgan fingerprint density at radius 2 is 1.80 bits per heavy atom. The number of benzene rings is 2. The molecule has 2 N–H and O–H groups in total. The first-order chi connectivity index (χ1) is 21.4. The standard InChI is InChI=1S/C32H39N7O5/c1-23(24-10-9-13-27(19-24)44-17-7-5-4-6-16-43-21-30(40)42-3)36-32(41)25-11-8-12-26(18-25)34-20-29-37-38-31(39(29)2)28-14-15-33-22-35-28/h8-15,18-19,22-23,34H,4-7,16-17,20-21H2,1-3H3,(H,36,41)/t23-/m1/s1. The Bertz CT molecular complexity index is 1500. The Balaban J connectivity index is 1.21. The van der Waals surface area contributed by atoms with Gasteiger partial charge in [0, 0.05) is 31.1 Å². The molecule has 12 nitrogen and oxygen atoms in total. The number of esters is 1. The minimum absolute atomic E-state index is 0.00331. The van der Waals surface area contributed by atoms with Gasteiger partial charge < -0.3 is 29.4 Å². The van der Waals surface area contributed by atoms with Gasteiger partial charge in [0.05, 0.1) is 26.3 Å². The molecule has 0 bridgehead atoms. The number of carbonyl (C=O) groups is 2. The summed E-state index contributed by atoms with van der Waals surface area (Å²) in [6, 6.07) is 16.7. The second-order valence-electron chi connectivity index (χ2n) is 10.2. The molecule has 1 atom stereocenters. The first kappa shape index (κ1) is 32.1. The van der Waals surface area contributed by atoms with Gasteiger partial charge in [-0.2, -0.15) is 0 Å².